The highest BCUT2D eigenvalue weighted by Gasteiger charge is 2.34. The van der Waals surface area contributed by atoms with Gasteiger partial charge < -0.3 is 25.0 Å². The van der Waals surface area contributed by atoms with Gasteiger partial charge in [-0.05, 0) is 45.2 Å². The summed E-state index contributed by atoms with van der Waals surface area (Å²) >= 11 is 1.60. The van der Waals surface area contributed by atoms with Crippen LogP contribution < -0.4 is 5.32 Å². The number of amides is 3. The van der Waals surface area contributed by atoms with Gasteiger partial charge in [0.15, 0.2) is 0 Å². The molecule has 0 aliphatic carbocycles. The van der Waals surface area contributed by atoms with Gasteiger partial charge in [0.25, 0.3) is 0 Å². The molecular weight excluding hydrogens is 354 g/mol. The normalized spacial score (nSPS) is 17.8. The molecule has 26 heavy (non-hydrogen) atoms. The highest BCUT2D eigenvalue weighted by atomic mass is 32.2. The van der Waals surface area contributed by atoms with Gasteiger partial charge in [-0.25, -0.2) is 9.59 Å². The van der Waals surface area contributed by atoms with Crippen LogP contribution in [0, 0.1) is 0 Å². The highest BCUT2D eigenvalue weighted by molar-refractivity contribution is 7.98. The lowest BCUT2D eigenvalue weighted by Crippen LogP contribution is -2.59. The largest absolute Gasteiger partial charge is 0.444 e. The van der Waals surface area contributed by atoms with E-state index in [1.54, 1.807) is 37.4 Å². The first-order chi connectivity index (χ1) is 12.2. The zero-order valence-electron chi connectivity index (χ0n) is 15.7. The van der Waals surface area contributed by atoms with E-state index in [2.05, 4.69) is 5.32 Å². The van der Waals surface area contributed by atoms with Crippen molar-refractivity contribution in [2.24, 2.45) is 0 Å². The third-order valence-electron chi connectivity index (χ3n) is 3.93. The topological polar surface area (TPSA) is 82.1 Å². The van der Waals surface area contributed by atoms with Crippen LogP contribution in [0.5, 0.6) is 0 Å². The molecule has 1 aliphatic heterocycles. The summed E-state index contributed by atoms with van der Waals surface area (Å²) in [4.78, 5) is 29.0. The van der Waals surface area contributed by atoms with Gasteiger partial charge in [0.1, 0.15) is 5.60 Å². The minimum Gasteiger partial charge on any atom is -0.444 e. The van der Waals surface area contributed by atoms with Crippen molar-refractivity contribution in [1.29, 1.82) is 0 Å². The number of hydrogen-bond acceptors (Lipinski definition) is 5. The number of thioether (sulfide) groups is 1. The number of aliphatic hydroxyl groups is 1. The van der Waals surface area contributed by atoms with Gasteiger partial charge in [0, 0.05) is 30.2 Å². The molecule has 1 aromatic rings. The second-order valence-corrected chi connectivity index (χ2v) is 8.00. The first kappa shape index (κ1) is 20.4. The Kier molecular flexibility index (Phi) is 6.77. The number of rotatable bonds is 3. The van der Waals surface area contributed by atoms with Crippen molar-refractivity contribution in [3.63, 3.8) is 0 Å². The number of piperazine rings is 1. The van der Waals surface area contributed by atoms with E-state index in [-0.39, 0.29) is 19.2 Å². The summed E-state index contributed by atoms with van der Waals surface area (Å²) in [5.74, 6) is 0. The maximum absolute atomic E-state index is 12.6. The number of benzene rings is 1. The zero-order valence-corrected chi connectivity index (χ0v) is 16.5. The second-order valence-electron chi connectivity index (χ2n) is 7.12. The number of anilines is 1. The van der Waals surface area contributed by atoms with Gasteiger partial charge in [0.05, 0.1) is 12.6 Å². The molecule has 0 spiro atoms. The molecule has 7 nitrogen and oxygen atoms in total. The van der Waals surface area contributed by atoms with Crippen LogP contribution in [0.25, 0.3) is 0 Å². The number of ether oxygens (including phenoxy) is 1. The molecule has 2 N–H and O–H groups in total. The van der Waals surface area contributed by atoms with Crippen molar-refractivity contribution in [3.8, 4) is 0 Å². The number of urea groups is 1. The SMILES string of the molecule is CSc1cccc(NC(=O)N2CCN(C(=O)OC(C)(C)C)CC2CO)c1. The number of carbonyl (C=O) groups is 2. The van der Waals surface area contributed by atoms with Crippen LogP contribution in [0.1, 0.15) is 20.8 Å². The predicted molar refractivity (Wildman–Crippen MR) is 103 cm³/mol. The predicted octanol–water partition coefficient (Wildman–Crippen LogP) is 2.85. The van der Waals surface area contributed by atoms with Crippen LogP contribution in [0.2, 0.25) is 0 Å². The van der Waals surface area contributed by atoms with E-state index < -0.39 is 17.7 Å². The van der Waals surface area contributed by atoms with Crippen LogP contribution in [-0.2, 0) is 4.74 Å². The van der Waals surface area contributed by atoms with Gasteiger partial charge in [-0.1, -0.05) is 6.07 Å². The molecule has 1 atom stereocenters. The van der Waals surface area contributed by atoms with Crippen molar-refractivity contribution in [1.82, 2.24) is 9.80 Å². The van der Waals surface area contributed by atoms with Crippen molar-refractivity contribution in [2.75, 3.05) is 37.8 Å². The molecule has 144 valence electrons. The van der Waals surface area contributed by atoms with Crippen LogP contribution in [0.3, 0.4) is 0 Å². The number of aliphatic hydroxyl groups excluding tert-OH is 1. The van der Waals surface area contributed by atoms with E-state index in [4.69, 9.17) is 4.74 Å². The zero-order chi connectivity index (χ0) is 19.3. The number of hydrogen-bond donors (Lipinski definition) is 2. The molecule has 1 unspecified atom stereocenters. The molecule has 0 bridgehead atoms. The van der Waals surface area contributed by atoms with Crippen molar-refractivity contribution in [2.45, 2.75) is 37.3 Å². The van der Waals surface area contributed by atoms with Gasteiger partial charge in [-0.15, -0.1) is 11.8 Å². The maximum atomic E-state index is 12.6. The number of carbonyl (C=O) groups excluding carboxylic acids is 2. The van der Waals surface area contributed by atoms with E-state index >= 15 is 0 Å². The Hall–Kier alpha value is -1.93. The molecule has 1 aliphatic rings. The van der Waals surface area contributed by atoms with Crippen LogP contribution in [0.15, 0.2) is 29.2 Å². The van der Waals surface area contributed by atoms with Crippen molar-refractivity contribution in [3.05, 3.63) is 24.3 Å². The van der Waals surface area contributed by atoms with Crippen LogP contribution >= 0.6 is 11.8 Å². The Labute approximate surface area is 158 Å². The number of nitrogens with one attached hydrogen (secondary N) is 1. The average molecular weight is 381 g/mol. The average Bonchev–Trinajstić information content (AvgIpc) is 2.59. The molecule has 1 heterocycles. The summed E-state index contributed by atoms with van der Waals surface area (Å²) in [6.07, 6.45) is 1.54. The molecule has 0 saturated carbocycles. The minimum absolute atomic E-state index is 0.225. The van der Waals surface area contributed by atoms with Gasteiger partial charge >= 0.3 is 12.1 Å². The number of nitrogens with zero attached hydrogens (tertiary/aromatic N) is 2. The van der Waals surface area contributed by atoms with E-state index in [0.717, 1.165) is 4.90 Å². The highest BCUT2D eigenvalue weighted by Crippen LogP contribution is 2.20. The van der Waals surface area contributed by atoms with Crippen LogP contribution in [0.4, 0.5) is 15.3 Å². The van der Waals surface area contributed by atoms with E-state index in [0.29, 0.717) is 18.8 Å². The lowest BCUT2D eigenvalue weighted by atomic mass is 10.2. The van der Waals surface area contributed by atoms with E-state index in [9.17, 15) is 14.7 Å². The first-order valence-electron chi connectivity index (χ1n) is 8.54. The van der Waals surface area contributed by atoms with Gasteiger partial charge in [-0.2, -0.15) is 0 Å². The van der Waals surface area contributed by atoms with Crippen LogP contribution in [-0.4, -0.2) is 71.2 Å². The van der Waals surface area contributed by atoms with E-state index in [1.807, 2.05) is 30.5 Å². The standard InChI is InChI=1S/C18H27N3O4S/c1-18(2,3)25-17(24)20-8-9-21(14(11-20)12-22)16(23)19-13-6-5-7-15(10-13)26-4/h5-7,10,14,22H,8-9,11-12H2,1-4H3,(H,19,23). The Morgan fingerprint density at radius 1 is 1.35 bits per heavy atom. The second kappa shape index (κ2) is 8.64. The molecule has 3 amide bonds. The summed E-state index contributed by atoms with van der Waals surface area (Å²) < 4.78 is 5.37. The summed E-state index contributed by atoms with van der Waals surface area (Å²) in [6, 6.07) is 6.81. The third-order valence-corrected chi connectivity index (χ3v) is 4.65. The minimum atomic E-state index is -0.581. The van der Waals surface area contributed by atoms with Gasteiger partial charge in [-0.3, -0.25) is 0 Å². The fraction of sp³-hybridized carbons (Fsp3) is 0.556. The molecule has 8 heteroatoms. The first-order valence-corrected chi connectivity index (χ1v) is 9.76. The Bertz CT molecular complexity index is 648. The monoisotopic (exact) mass is 381 g/mol. The summed E-state index contributed by atoms with van der Waals surface area (Å²) in [5, 5.41) is 12.5. The molecule has 0 aromatic heterocycles. The molecule has 1 fully saturated rings. The molecule has 0 radical (unpaired) electrons. The third kappa shape index (κ3) is 5.54. The Morgan fingerprint density at radius 3 is 2.69 bits per heavy atom. The summed E-state index contributed by atoms with van der Waals surface area (Å²) in [6.45, 7) is 6.13. The fourth-order valence-corrected chi connectivity index (χ4v) is 3.13. The smallest absolute Gasteiger partial charge is 0.410 e. The molecule has 1 saturated heterocycles. The fourth-order valence-electron chi connectivity index (χ4n) is 2.67. The Morgan fingerprint density at radius 2 is 2.08 bits per heavy atom. The van der Waals surface area contributed by atoms with Crippen molar-refractivity contribution >= 4 is 29.6 Å². The van der Waals surface area contributed by atoms with E-state index in [1.165, 1.54) is 4.90 Å². The maximum Gasteiger partial charge on any atom is 0.410 e. The molecule has 1 aromatic carbocycles. The molecular formula is C18H27N3O4S. The lowest BCUT2D eigenvalue weighted by molar-refractivity contribution is 0.00416. The van der Waals surface area contributed by atoms with Gasteiger partial charge in [0.2, 0.25) is 0 Å². The lowest BCUT2D eigenvalue weighted by Gasteiger charge is -2.40. The molecule has 2 rings (SSSR count). The van der Waals surface area contributed by atoms with Crippen molar-refractivity contribution < 1.29 is 19.4 Å². The Balaban J connectivity index is 2.00. The summed E-state index contributed by atoms with van der Waals surface area (Å²) in [7, 11) is 0. The summed E-state index contributed by atoms with van der Waals surface area (Å²) in [5.41, 5.74) is 0.121. The quantitative estimate of drug-likeness (QED) is 0.787.